The summed E-state index contributed by atoms with van der Waals surface area (Å²) in [5.74, 6) is 1.87. The molecule has 2 heteroatoms. The Bertz CT molecular complexity index is 151. The summed E-state index contributed by atoms with van der Waals surface area (Å²) in [6.45, 7) is 16.6. The van der Waals surface area contributed by atoms with Crippen molar-refractivity contribution in [2.45, 2.75) is 66.2 Å². The average molecular weight is 329 g/mol. The minimum Gasteiger partial charge on any atom is -0.343 e. The second-order valence-electron chi connectivity index (χ2n) is 5.34. The fraction of sp³-hybridized carbons (Fsp3) is 0.938. The zero-order valence-corrected chi connectivity index (χ0v) is 16.1. The quantitative estimate of drug-likeness (QED) is 0.501. The van der Waals surface area contributed by atoms with Gasteiger partial charge >= 0.3 is 0 Å². The monoisotopic (exact) mass is 329 g/mol. The van der Waals surface area contributed by atoms with E-state index in [9.17, 15) is 0 Å². The first-order chi connectivity index (χ1) is 8.24. The van der Waals surface area contributed by atoms with Gasteiger partial charge in [-0.3, -0.25) is 0 Å². The molecule has 1 fully saturated rings. The van der Waals surface area contributed by atoms with Crippen molar-refractivity contribution >= 4 is 0 Å². The summed E-state index contributed by atoms with van der Waals surface area (Å²) < 4.78 is 0. The third-order valence-electron chi connectivity index (χ3n) is 3.80. The fourth-order valence-corrected chi connectivity index (χ4v) is 2.53. The molecular weight excluding hydrogens is 295 g/mol. The Morgan fingerprint density at radius 2 is 1.61 bits per heavy atom. The Morgan fingerprint density at radius 3 is 2.06 bits per heavy atom. The minimum absolute atomic E-state index is 0. The first-order valence-corrected chi connectivity index (χ1v) is 7.75. The van der Waals surface area contributed by atoms with Gasteiger partial charge in [0, 0.05) is 32.7 Å². The fourth-order valence-electron chi connectivity index (χ4n) is 2.53. The first-order valence-electron chi connectivity index (χ1n) is 7.75. The van der Waals surface area contributed by atoms with Gasteiger partial charge in [0.1, 0.15) is 0 Å². The van der Waals surface area contributed by atoms with Crippen LogP contribution in [0.1, 0.15) is 66.2 Å². The largest absolute Gasteiger partial charge is 0.343 e. The first kappa shape index (κ1) is 21.4. The molecule has 0 aromatic carbocycles. The third kappa shape index (κ3) is 9.92. The predicted octanol–water partition coefficient (Wildman–Crippen LogP) is 4.77. The van der Waals surface area contributed by atoms with E-state index in [-0.39, 0.29) is 32.7 Å². The average Bonchev–Trinajstić information content (AvgIpc) is 2.38. The molecule has 0 spiro atoms. The molecule has 0 unspecified atom stereocenters. The van der Waals surface area contributed by atoms with E-state index in [2.05, 4.69) is 25.7 Å². The number of likely N-dealkylation sites (tertiary alicyclic amines) is 1. The number of hydrogen-bond donors (Lipinski definition) is 0. The summed E-state index contributed by atoms with van der Waals surface area (Å²) in [6.07, 6.45) is 8.01. The van der Waals surface area contributed by atoms with E-state index in [1.165, 1.54) is 51.7 Å². The molecule has 0 saturated carbocycles. The number of unbranched alkanes of at least 4 members (excludes halogenated alkanes) is 3. The van der Waals surface area contributed by atoms with Crippen LogP contribution in [0.2, 0.25) is 0 Å². The molecule has 0 aromatic heterocycles. The van der Waals surface area contributed by atoms with Gasteiger partial charge in [-0.15, -0.1) is 0 Å². The summed E-state index contributed by atoms with van der Waals surface area (Å²) in [4.78, 5) is 2.65. The standard InChI is InChI=1S/C14H28N.C2H6.Y/c1-4-5-6-7-10-15-11-8-14(9-12-15)13(2)3;1-2;/h13-14H,1,4-12H2,2-3H3;1-2H3;/q-1;;. The summed E-state index contributed by atoms with van der Waals surface area (Å²) >= 11 is 0. The van der Waals surface area contributed by atoms with Crippen molar-refractivity contribution in [1.29, 1.82) is 0 Å². The molecule has 1 rings (SSSR count). The van der Waals surface area contributed by atoms with Crippen LogP contribution in [0.15, 0.2) is 0 Å². The normalized spacial score (nSPS) is 17.0. The smallest absolute Gasteiger partial charge is 0 e. The van der Waals surface area contributed by atoms with Gasteiger partial charge in [0.2, 0.25) is 0 Å². The van der Waals surface area contributed by atoms with Gasteiger partial charge in [-0.25, -0.2) is 0 Å². The molecule has 1 heterocycles. The minimum atomic E-state index is 0. The predicted molar refractivity (Wildman–Crippen MR) is 79.2 cm³/mol. The summed E-state index contributed by atoms with van der Waals surface area (Å²) in [5, 5.41) is 0. The van der Waals surface area contributed by atoms with Gasteiger partial charge in [0.05, 0.1) is 0 Å². The van der Waals surface area contributed by atoms with Crippen molar-refractivity contribution < 1.29 is 32.7 Å². The molecule has 0 aliphatic carbocycles. The van der Waals surface area contributed by atoms with Crippen LogP contribution in [0.25, 0.3) is 0 Å². The SMILES string of the molecule is CC.[CH2-]CCCCCN1CCC(C(C)C)CC1.[Y]. The zero-order valence-electron chi connectivity index (χ0n) is 13.3. The molecule has 18 heavy (non-hydrogen) atoms. The number of hydrogen-bond acceptors (Lipinski definition) is 1. The van der Waals surface area contributed by atoms with Crippen molar-refractivity contribution in [2.24, 2.45) is 11.8 Å². The van der Waals surface area contributed by atoms with Crippen LogP contribution < -0.4 is 0 Å². The third-order valence-corrected chi connectivity index (χ3v) is 3.80. The second-order valence-corrected chi connectivity index (χ2v) is 5.34. The maximum Gasteiger partial charge on any atom is 0 e. The van der Waals surface area contributed by atoms with Crippen LogP contribution >= 0.6 is 0 Å². The topological polar surface area (TPSA) is 3.24 Å². The van der Waals surface area contributed by atoms with Crippen molar-refractivity contribution in [3.05, 3.63) is 6.92 Å². The van der Waals surface area contributed by atoms with Gasteiger partial charge in [0.15, 0.2) is 0 Å². The molecule has 1 radical (unpaired) electrons. The molecule has 107 valence electrons. The van der Waals surface area contributed by atoms with E-state index in [1.54, 1.807) is 0 Å². The summed E-state index contributed by atoms with van der Waals surface area (Å²) in [7, 11) is 0. The van der Waals surface area contributed by atoms with Gasteiger partial charge in [-0.2, -0.15) is 6.42 Å². The number of nitrogens with zero attached hydrogens (tertiary/aromatic N) is 1. The van der Waals surface area contributed by atoms with Crippen molar-refractivity contribution in [2.75, 3.05) is 19.6 Å². The van der Waals surface area contributed by atoms with E-state index < -0.39 is 0 Å². The van der Waals surface area contributed by atoms with E-state index in [1.807, 2.05) is 13.8 Å². The van der Waals surface area contributed by atoms with Crippen LogP contribution in [-0.2, 0) is 32.7 Å². The molecule has 1 saturated heterocycles. The van der Waals surface area contributed by atoms with Crippen LogP contribution in [0.4, 0.5) is 0 Å². The second kappa shape index (κ2) is 14.5. The molecule has 0 amide bonds. The van der Waals surface area contributed by atoms with Gasteiger partial charge < -0.3 is 11.8 Å². The maximum atomic E-state index is 3.89. The molecule has 0 bridgehead atoms. The molecule has 0 N–H and O–H groups in total. The number of piperidine rings is 1. The van der Waals surface area contributed by atoms with E-state index in [0.717, 1.165) is 18.3 Å². The molecule has 1 aliphatic rings. The van der Waals surface area contributed by atoms with E-state index in [0.29, 0.717) is 0 Å². The van der Waals surface area contributed by atoms with Gasteiger partial charge in [-0.05, 0) is 50.7 Å². The number of rotatable bonds is 6. The van der Waals surface area contributed by atoms with Gasteiger partial charge in [0.25, 0.3) is 0 Å². The Balaban J connectivity index is 0. The van der Waals surface area contributed by atoms with Crippen molar-refractivity contribution in [3.63, 3.8) is 0 Å². The zero-order chi connectivity index (χ0) is 13.1. The Hall–Kier alpha value is 1.06. The molecule has 0 aromatic rings. The van der Waals surface area contributed by atoms with E-state index >= 15 is 0 Å². The van der Waals surface area contributed by atoms with Crippen LogP contribution in [-0.4, -0.2) is 24.5 Å². The van der Waals surface area contributed by atoms with Crippen molar-refractivity contribution in [1.82, 2.24) is 4.90 Å². The van der Waals surface area contributed by atoms with E-state index in [4.69, 9.17) is 0 Å². The molecule has 1 nitrogen and oxygen atoms in total. The molecule has 1 aliphatic heterocycles. The molecular formula is C16H34NY-. The Morgan fingerprint density at radius 1 is 1.06 bits per heavy atom. The summed E-state index contributed by atoms with van der Waals surface area (Å²) in [5.41, 5.74) is 0. The maximum absolute atomic E-state index is 3.89. The van der Waals surface area contributed by atoms with Crippen LogP contribution in [0.3, 0.4) is 0 Å². The molecule has 0 atom stereocenters. The van der Waals surface area contributed by atoms with Crippen molar-refractivity contribution in [3.8, 4) is 0 Å². The van der Waals surface area contributed by atoms with Crippen LogP contribution in [0.5, 0.6) is 0 Å². The van der Waals surface area contributed by atoms with Crippen LogP contribution in [0, 0.1) is 18.8 Å². The van der Waals surface area contributed by atoms with Gasteiger partial charge in [-0.1, -0.05) is 40.5 Å². The Labute approximate surface area is 141 Å². The summed E-state index contributed by atoms with van der Waals surface area (Å²) in [6, 6.07) is 0. The Kier molecular flexibility index (Phi) is 17.2.